The summed E-state index contributed by atoms with van der Waals surface area (Å²) in [4.78, 5) is 14.4. The van der Waals surface area contributed by atoms with E-state index in [0.29, 0.717) is 18.4 Å². The van der Waals surface area contributed by atoms with Crippen molar-refractivity contribution in [2.24, 2.45) is 17.6 Å². The van der Waals surface area contributed by atoms with Gasteiger partial charge in [-0.1, -0.05) is 32.9 Å². The molecule has 0 saturated carbocycles. The van der Waals surface area contributed by atoms with E-state index in [1.807, 2.05) is 11.1 Å². The second-order valence-electron chi connectivity index (χ2n) is 6.39. The SMILES string of the molecule is CC(C)CN(CC(C)C)C(=O)Cn1cc(CCCN)nn1. The average Bonchev–Trinajstić information content (AvgIpc) is 2.82. The summed E-state index contributed by atoms with van der Waals surface area (Å²) in [6, 6.07) is 0. The number of carbonyl (C=O) groups is 1. The lowest BCUT2D eigenvalue weighted by Crippen LogP contribution is -2.39. The fourth-order valence-corrected chi connectivity index (χ4v) is 2.21. The lowest BCUT2D eigenvalue weighted by Gasteiger charge is -2.26. The van der Waals surface area contributed by atoms with Gasteiger partial charge in [0, 0.05) is 19.3 Å². The van der Waals surface area contributed by atoms with Gasteiger partial charge >= 0.3 is 0 Å². The van der Waals surface area contributed by atoms with Gasteiger partial charge in [0.1, 0.15) is 6.54 Å². The Labute approximate surface area is 127 Å². The maximum Gasteiger partial charge on any atom is 0.244 e. The zero-order valence-corrected chi connectivity index (χ0v) is 13.7. The molecule has 1 amide bonds. The van der Waals surface area contributed by atoms with Crippen LogP contribution >= 0.6 is 0 Å². The minimum atomic E-state index is 0.104. The van der Waals surface area contributed by atoms with Gasteiger partial charge in [-0.05, 0) is 31.2 Å². The Balaban J connectivity index is 2.60. The van der Waals surface area contributed by atoms with Crippen LogP contribution in [-0.4, -0.2) is 45.4 Å². The molecule has 21 heavy (non-hydrogen) atoms. The standard InChI is InChI=1S/C15H29N5O/c1-12(2)8-19(9-13(3)4)15(21)11-20-10-14(17-18-20)6-5-7-16/h10,12-13H,5-9,11,16H2,1-4H3. The number of hydrogen-bond donors (Lipinski definition) is 1. The molecule has 0 aliphatic rings. The Morgan fingerprint density at radius 3 is 2.43 bits per heavy atom. The van der Waals surface area contributed by atoms with Crippen molar-refractivity contribution >= 4 is 5.91 Å². The van der Waals surface area contributed by atoms with Gasteiger partial charge in [0.25, 0.3) is 0 Å². The molecule has 0 fully saturated rings. The molecule has 0 spiro atoms. The second-order valence-corrected chi connectivity index (χ2v) is 6.39. The van der Waals surface area contributed by atoms with Crippen LogP contribution in [0.3, 0.4) is 0 Å². The van der Waals surface area contributed by atoms with Crippen LogP contribution in [0.15, 0.2) is 6.20 Å². The number of amides is 1. The summed E-state index contributed by atoms with van der Waals surface area (Å²) in [5, 5.41) is 8.10. The molecular weight excluding hydrogens is 266 g/mol. The highest BCUT2D eigenvalue weighted by atomic mass is 16.2. The summed E-state index contributed by atoms with van der Waals surface area (Å²) < 4.78 is 1.63. The summed E-state index contributed by atoms with van der Waals surface area (Å²) in [5.41, 5.74) is 6.38. The zero-order chi connectivity index (χ0) is 15.8. The van der Waals surface area contributed by atoms with E-state index in [4.69, 9.17) is 5.73 Å². The van der Waals surface area contributed by atoms with Crippen LogP contribution in [0.1, 0.15) is 39.8 Å². The molecule has 2 N–H and O–H groups in total. The van der Waals surface area contributed by atoms with Gasteiger partial charge in [-0.15, -0.1) is 5.10 Å². The summed E-state index contributed by atoms with van der Waals surface area (Å²) in [5.74, 6) is 1.03. The van der Waals surface area contributed by atoms with E-state index < -0.39 is 0 Å². The van der Waals surface area contributed by atoms with E-state index in [-0.39, 0.29) is 12.5 Å². The van der Waals surface area contributed by atoms with Crippen LogP contribution in [-0.2, 0) is 17.8 Å². The Kier molecular flexibility index (Phi) is 7.36. The fraction of sp³-hybridized carbons (Fsp3) is 0.800. The van der Waals surface area contributed by atoms with Gasteiger partial charge in [0.15, 0.2) is 0 Å². The highest BCUT2D eigenvalue weighted by molar-refractivity contribution is 5.75. The van der Waals surface area contributed by atoms with Crippen molar-refractivity contribution in [3.63, 3.8) is 0 Å². The maximum atomic E-state index is 12.4. The lowest BCUT2D eigenvalue weighted by atomic mass is 10.1. The van der Waals surface area contributed by atoms with Gasteiger partial charge in [0.05, 0.1) is 5.69 Å². The van der Waals surface area contributed by atoms with Crippen molar-refractivity contribution in [2.75, 3.05) is 19.6 Å². The molecule has 0 bridgehead atoms. The molecule has 1 rings (SSSR count). The van der Waals surface area contributed by atoms with Crippen molar-refractivity contribution in [1.82, 2.24) is 19.9 Å². The zero-order valence-electron chi connectivity index (χ0n) is 13.7. The summed E-state index contributed by atoms with van der Waals surface area (Å²) in [6.45, 7) is 11.0. The van der Waals surface area contributed by atoms with Crippen LogP contribution in [0.2, 0.25) is 0 Å². The Morgan fingerprint density at radius 1 is 1.29 bits per heavy atom. The summed E-state index contributed by atoms with van der Waals surface area (Å²) in [6.07, 6.45) is 3.54. The quantitative estimate of drug-likeness (QED) is 0.745. The Morgan fingerprint density at radius 2 is 1.90 bits per heavy atom. The normalized spacial score (nSPS) is 11.4. The van der Waals surface area contributed by atoms with Gasteiger partial charge < -0.3 is 10.6 Å². The highest BCUT2D eigenvalue weighted by Crippen LogP contribution is 2.06. The fourth-order valence-electron chi connectivity index (χ4n) is 2.21. The first kappa shape index (κ1) is 17.6. The molecule has 0 saturated heterocycles. The van der Waals surface area contributed by atoms with E-state index in [2.05, 4.69) is 38.0 Å². The van der Waals surface area contributed by atoms with Crippen LogP contribution < -0.4 is 5.73 Å². The van der Waals surface area contributed by atoms with Crippen molar-refractivity contribution in [3.05, 3.63) is 11.9 Å². The molecule has 120 valence electrons. The van der Waals surface area contributed by atoms with E-state index in [9.17, 15) is 4.79 Å². The largest absolute Gasteiger partial charge is 0.341 e. The number of aromatic nitrogens is 3. The molecule has 0 atom stereocenters. The monoisotopic (exact) mass is 295 g/mol. The average molecular weight is 295 g/mol. The minimum Gasteiger partial charge on any atom is -0.341 e. The number of aryl methyl sites for hydroxylation is 1. The molecule has 0 aromatic carbocycles. The Bertz CT molecular complexity index is 417. The molecule has 0 radical (unpaired) electrons. The van der Waals surface area contributed by atoms with Crippen molar-refractivity contribution in [3.8, 4) is 0 Å². The van der Waals surface area contributed by atoms with Gasteiger partial charge in [0.2, 0.25) is 5.91 Å². The number of nitrogens with two attached hydrogens (primary N) is 1. The van der Waals surface area contributed by atoms with Crippen LogP contribution in [0.25, 0.3) is 0 Å². The Hall–Kier alpha value is -1.43. The van der Waals surface area contributed by atoms with Crippen molar-refractivity contribution < 1.29 is 4.79 Å². The number of hydrogen-bond acceptors (Lipinski definition) is 4. The molecule has 0 aliphatic carbocycles. The van der Waals surface area contributed by atoms with Crippen LogP contribution in [0, 0.1) is 11.8 Å². The third kappa shape index (κ3) is 6.71. The van der Waals surface area contributed by atoms with E-state index >= 15 is 0 Å². The van der Waals surface area contributed by atoms with Crippen LogP contribution in [0.5, 0.6) is 0 Å². The first-order chi connectivity index (χ1) is 9.92. The van der Waals surface area contributed by atoms with Crippen molar-refractivity contribution in [1.29, 1.82) is 0 Å². The van der Waals surface area contributed by atoms with Gasteiger partial charge in [-0.25, -0.2) is 4.68 Å². The smallest absolute Gasteiger partial charge is 0.244 e. The summed E-state index contributed by atoms with van der Waals surface area (Å²) >= 11 is 0. The van der Waals surface area contributed by atoms with Crippen LogP contribution in [0.4, 0.5) is 0 Å². The summed E-state index contributed by atoms with van der Waals surface area (Å²) in [7, 11) is 0. The molecule has 6 heteroatoms. The predicted octanol–water partition coefficient (Wildman–Crippen LogP) is 1.31. The lowest BCUT2D eigenvalue weighted by molar-refractivity contribution is -0.133. The molecule has 6 nitrogen and oxygen atoms in total. The molecule has 0 unspecified atom stereocenters. The molecule has 1 aromatic rings. The molecule has 1 heterocycles. The minimum absolute atomic E-state index is 0.104. The first-order valence-corrected chi connectivity index (χ1v) is 7.79. The first-order valence-electron chi connectivity index (χ1n) is 7.79. The molecular formula is C15H29N5O. The van der Waals surface area contributed by atoms with Crippen molar-refractivity contribution in [2.45, 2.75) is 47.1 Å². The predicted molar refractivity (Wildman–Crippen MR) is 83.7 cm³/mol. The number of nitrogens with zero attached hydrogens (tertiary/aromatic N) is 4. The number of carbonyl (C=O) groups excluding carboxylic acids is 1. The second kappa shape index (κ2) is 8.77. The maximum absolute atomic E-state index is 12.4. The topological polar surface area (TPSA) is 77.0 Å². The third-order valence-corrected chi connectivity index (χ3v) is 3.04. The number of rotatable bonds is 9. The van der Waals surface area contributed by atoms with Gasteiger partial charge in [-0.2, -0.15) is 0 Å². The van der Waals surface area contributed by atoms with E-state index in [1.165, 1.54) is 0 Å². The molecule has 0 aliphatic heterocycles. The molecule has 1 aromatic heterocycles. The third-order valence-electron chi connectivity index (χ3n) is 3.04. The van der Waals surface area contributed by atoms with E-state index in [1.54, 1.807) is 4.68 Å². The van der Waals surface area contributed by atoms with E-state index in [0.717, 1.165) is 31.6 Å². The highest BCUT2D eigenvalue weighted by Gasteiger charge is 2.17. The van der Waals surface area contributed by atoms with Gasteiger partial charge in [-0.3, -0.25) is 4.79 Å².